The van der Waals surface area contributed by atoms with Crippen LogP contribution in [-0.4, -0.2) is 42.7 Å². The lowest BCUT2D eigenvalue weighted by molar-refractivity contribution is 0.187. The van der Waals surface area contributed by atoms with Crippen molar-refractivity contribution in [1.82, 2.24) is 15.2 Å². The van der Waals surface area contributed by atoms with E-state index in [1.165, 1.54) is 6.42 Å². The first-order chi connectivity index (χ1) is 17.0. The Morgan fingerprint density at radius 3 is 2.54 bits per heavy atom. The highest BCUT2D eigenvalue weighted by Crippen LogP contribution is 2.28. The molecule has 1 heterocycles. The minimum atomic E-state index is -0.164. The maximum Gasteiger partial charge on any atom is 0.317 e. The molecule has 1 aliphatic rings. The number of pyridine rings is 1. The summed E-state index contributed by atoms with van der Waals surface area (Å²) in [4.78, 5) is 30.9. The molecule has 0 saturated heterocycles. The predicted molar refractivity (Wildman–Crippen MR) is 138 cm³/mol. The standard InChI is InChI=1S/C28H35N3O4/c1-19-9-11-24-21(15-19)17-22(27(32)30-24)18-31(28(33)29-23-7-5-4-6-8-23)14-13-20-10-12-25(34-2)26(16-20)35-3/h9-12,15-17,23H,4-8,13-14,18H2,1-3H3,(H,29,33)(H,30,32). The number of hydrogen-bond donors (Lipinski definition) is 2. The number of aromatic amines is 1. The molecule has 1 saturated carbocycles. The first-order valence-corrected chi connectivity index (χ1v) is 12.4. The molecule has 3 aromatic rings. The summed E-state index contributed by atoms with van der Waals surface area (Å²) in [5.41, 5.74) is 3.36. The van der Waals surface area contributed by atoms with Crippen molar-refractivity contribution in [3.05, 3.63) is 69.5 Å². The number of fused-ring (bicyclic) bond motifs is 1. The number of aromatic nitrogens is 1. The van der Waals surface area contributed by atoms with Gasteiger partial charge in [-0.25, -0.2) is 4.79 Å². The van der Waals surface area contributed by atoms with Gasteiger partial charge in [-0.15, -0.1) is 0 Å². The Morgan fingerprint density at radius 1 is 1.03 bits per heavy atom. The zero-order valence-corrected chi connectivity index (χ0v) is 20.9. The van der Waals surface area contributed by atoms with E-state index in [9.17, 15) is 9.59 Å². The van der Waals surface area contributed by atoms with Gasteiger partial charge in [0, 0.05) is 23.7 Å². The number of nitrogens with one attached hydrogen (secondary N) is 2. The maximum atomic E-state index is 13.3. The van der Waals surface area contributed by atoms with Crippen molar-refractivity contribution >= 4 is 16.9 Å². The number of benzene rings is 2. The monoisotopic (exact) mass is 477 g/mol. The van der Waals surface area contributed by atoms with Crippen molar-refractivity contribution in [2.24, 2.45) is 0 Å². The van der Waals surface area contributed by atoms with Gasteiger partial charge in [-0.05, 0) is 67.5 Å². The van der Waals surface area contributed by atoms with E-state index in [1.54, 1.807) is 19.1 Å². The minimum absolute atomic E-state index is 0.124. The largest absolute Gasteiger partial charge is 0.493 e. The van der Waals surface area contributed by atoms with E-state index in [2.05, 4.69) is 10.3 Å². The summed E-state index contributed by atoms with van der Waals surface area (Å²) in [5.74, 6) is 1.32. The molecule has 0 spiro atoms. The second kappa shape index (κ2) is 11.3. The Balaban J connectivity index is 1.56. The summed E-state index contributed by atoms with van der Waals surface area (Å²) >= 11 is 0. The molecule has 2 N–H and O–H groups in total. The molecule has 7 nitrogen and oxygen atoms in total. The van der Waals surface area contributed by atoms with Crippen LogP contribution >= 0.6 is 0 Å². The summed E-state index contributed by atoms with van der Waals surface area (Å²) in [6, 6.07) is 13.7. The van der Waals surface area contributed by atoms with Crippen LogP contribution in [0.1, 0.15) is 48.8 Å². The molecule has 2 amide bonds. The third-order valence-electron chi connectivity index (χ3n) is 6.78. The molecule has 0 unspecified atom stereocenters. The van der Waals surface area contributed by atoms with Gasteiger partial charge in [0.25, 0.3) is 5.56 Å². The maximum absolute atomic E-state index is 13.3. The van der Waals surface area contributed by atoms with Crippen LogP contribution in [0.3, 0.4) is 0 Å². The SMILES string of the molecule is COc1ccc(CCN(Cc2cc3cc(C)ccc3[nH]c2=O)C(=O)NC2CCCCC2)cc1OC. The van der Waals surface area contributed by atoms with Crippen molar-refractivity contribution in [3.8, 4) is 11.5 Å². The van der Waals surface area contributed by atoms with E-state index in [4.69, 9.17) is 9.47 Å². The summed E-state index contributed by atoms with van der Waals surface area (Å²) in [6.45, 7) is 2.74. The zero-order chi connectivity index (χ0) is 24.8. The molecule has 4 rings (SSSR count). The van der Waals surface area contributed by atoms with Crippen molar-refractivity contribution in [2.75, 3.05) is 20.8 Å². The van der Waals surface area contributed by atoms with Crippen molar-refractivity contribution < 1.29 is 14.3 Å². The van der Waals surface area contributed by atoms with Gasteiger partial charge in [0.15, 0.2) is 11.5 Å². The molecule has 35 heavy (non-hydrogen) atoms. The summed E-state index contributed by atoms with van der Waals surface area (Å²) in [5, 5.41) is 4.18. The van der Waals surface area contributed by atoms with Crippen LogP contribution in [0, 0.1) is 6.92 Å². The molecule has 1 aromatic heterocycles. The van der Waals surface area contributed by atoms with Gasteiger partial charge in [-0.3, -0.25) is 4.79 Å². The highest BCUT2D eigenvalue weighted by molar-refractivity contribution is 5.80. The number of H-pyrrole nitrogens is 1. The van der Waals surface area contributed by atoms with E-state index >= 15 is 0 Å². The fourth-order valence-corrected chi connectivity index (χ4v) is 4.76. The smallest absolute Gasteiger partial charge is 0.317 e. The Hall–Kier alpha value is -3.48. The van der Waals surface area contributed by atoms with Gasteiger partial charge in [0.2, 0.25) is 0 Å². The normalized spacial score (nSPS) is 14.0. The number of methoxy groups -OCH3 is 2. The number of amides is 2. The number of aryl methyl sites for hydroxylation is 1. The van der Waals surface area contributed by atoms with Crippen LogP contribution in [-0.2, 0) is 13.0 Å². The first kappa shape index (κ1) is 24.6. The molecule has 1 aliphatic carbocycles. The quantitative estimate of drug-likeness (QED) is 0.481. The van der Waals surface area contributed by atoms with Crippen LogP contribution in [0.25, 0.3) is 10.9 Å². The molecule has 0 atom stereocenters. The van der Waals surface area contributed by atoms with Gasteiger partial charge in [0.1, 0.15) is 0 Å². The second-order valence-electron chi connectivity index (χ2n) is 9.36. The number of hydrogen-bond acceptors (Lipinski definition) is 4. The van der Waals surface area contributed by atoms with Crippen molar-refractivity contribution in [1.29, 1.82) is 0 Å². The van der Waals surface area contributed by atoms with E-state index < -0.39 is 0 Å². The number of urea groups is 1. The average Bonchev–Trinajstić information content (AvgIpc) is 2.87. The van der Waals surface area contributed by atoms with E-state index in [0.717, 1.165) is 47.7 Å². The van der Waals surface area contributed by atoms with Crippen LogP contribution < -0.4 is 20.3 Å². The van der Waals surface area contributed by atoms with Gasteiger partial charge in [-0.1, -0.05) is 37.0 Å². The van der Waals surface area contributed by atoms with E-state index in [0.29, 0.717) is 30.0 Å². The summed E-state index contributed by atoms with van der Waals surface area (Å²) in [6.07, 6.45) is 6.14. The lowest BCUT2D eigenvalue weighted by Crippen LogP contribution is -2.46. The van der Waals surface area contributed by atoms with E-state index in [1.807, 2.05) is 49.4 Å². The lowest BCUT2D eigenvalue weighted by Gasteiger charge is -2.28. The van der Waals surface area contributed by atoms with Crippen LogP contribution in [0.2, 0.25) is 0 Å². The van der Waals surface area contributed by atoms with Crippen molar-refractivity contribution in [2.45, 2.75) is 58.0 Å². The molecule has 0 aliphatic heterocycles. The molecule has 7 heteroatoms. The van der Waals surface area contributed by atoms with Crippen LogP contribution in [0.4, 0.5) is 4.79 Å². The second-order valence-corrected chi connectivity index (χ2v) is 9.36. The Labute approximate surface area is 206 Å². The third-order valence-corrected chi connectivity index (χ3v) is 6.78. The van der Waals surface area contributed by atoms with Gasteiger partial charge >= 0.3 is 6.03 Å². The number of rotatable bonds is 8. The number of carbonyl (C=O) groups excluding carboxylic acids is 1. The fraction of sp³-hybridized carbons (Fsp3) is 0.429. The average molecular weight is 478 g/mol. The van der Waals surface area contributed by atoms with Gasteiger partial charge in [-0.2, -0.15) is 0 Å². The summed E-state index contributed by atoms with van der Waals surface area (Å²) in [7, 11) is 3.22. The Kier molecular flexibility index (Phi) is 7.95. The molecule has 186 valence electrons. The van der Waals surface area contributed by atoms with E-state index in [-0.39, 0.29) is 24.2 Å². The Morgan fingerprint density at radius 2 is 1.80 bits per heavy atom. The number of carbonyl (C=O) groups is 1. The molecular formula is C28H35N3O4. The number of ether oxygens (including phenoxy) is 2. The predicted octanol–water partition coefficient (Wildman–Crippen LogP) is 4.94. The topological polar surface area (TPSA) is 83.7 Å². The van der Waals surface area contributed by atoms with Crippen molar-refractivity contribution in [3.63, 3.8) is 0 Å². The zero-order valence-electron chi connectivity index (χ0n) is 20.9. The molecule has 1 fully saturated rings. The highest BCUT2D eigenvalue weighted by atomic mass is 16.5. The highest BCUT2D eigenvalue weighted by Gasteiger charge is 2.21. The minimum Gasteiger partial charge on any atom is -0.493 e. The molecule has 0 radical (unpaired) electrons. The fourth-order valence-electron chi connectivity index (χ4n) is 4.76. The lowest BCUT2D eigenvalue weighted by atomic mass is 9.96. The Bertz CT molecular complexity index is 1230. The molecule has 2 aromatic carbocycles. The van der Waals surface area contributed by atoms with Crippen LogP contribution in [0.15, 0.2) is 47.3 Å². The van der Waals surface area contributed by atoms with Gasteiger partial charge < -0.3 is 24.7 Å². The van der Waals surface area contributed by atoms with Gasteiger partial charge in [0.05, 0.1) is 20.8 Å². The first-order valence-electron chi connectivity index (χ1n) is 12.4. The number of nitrogens with zero attached hydrogens (tertiary/aromatic N) is 1. The van der Waals surface area contributed by atoms with Crippen LogP contribution in [0.5, 0.6) is 11.5 Å². The summed E-state index contributed by atoms with van der Waals surface area (Å²) < 4.78 is 10.8. The molecular weight excluding hydrogens is 442 g/mol. The third kappa shape index (κ3) is 6.15. The molecule has 0 bridgehead atoms.